The summed E-state index contributed by atoms with van der Waals surface area (Å²) in [6.45, 7) is 0.0184. The van der Waals surface area contributed by atoms with Crippen molar-refractivity contribution in [3.8, 4) is 0 Å². The van der Waals surface area contributed by atoms with E-state index in [9.17, 15) is 8.42 Å². The molecule has 16 heavy (non-hydrogen) atoms. The lowest BCUT2D eigenvalue weighted by Gasteiger charge is -2.08. The number of nitrogens with one attached hydrogen (secondary N) is 1. The number of rotatable bonds is 6. The van der Waals surface area contributed by atoms with Gasteiger partial charge in [-0.3, -0.25) is 4.72 Å². The Kier molecular flexibility index (Phi) is 5.24. The number of benzene rings is 1. The summed E-state index contributed by atoms with van der Waals surface area (Å²) in [6, 6.07) is 7.03. The van der Waals surface area contributed by atoms with E-state index in [2.05, 4.69) is 20.7 Å². The molecular formula is C10H14BrNO3S. The van der Waals surface area contributed by atoms with Gasteiger partial charge in [0.2, 0.25) is 10.0 Å². The van der Waals surface area contributed by atoms with Crippen LogP contribution in [0.1, 0.15) is 12.8 Å². The molecule has 0 fully saturated rings. The molecule has 0 aliphatic heterocycles. The Bertz CT molecular complexity index is 433. The summed E-state index contributed by atoms with van der Waals surface area (Å²) < 4.78 is 26.4. The summed E-state index contributed by atoms with van der Waals surface area (Å²) in [6.07, 6.45) is 0.952. The predicted molar refractivity (Wildman–Crippen MR) is 67.9 cm³/mol. The number of para-hydroxylation sites is 1. The number of sulfonamides is 1. The molecule has 0 saturated heterocycles. The van der Waals surface area contributed by atoms with Crippen molar-refractivity contribution in [3.05, 3.63) is 28.7 Å². The van der Waals surface area contributed by atoms with E-state index in [-0.39, 0.29) is 12.4 Å². The number of aliphatic hydroxyl groups excluding tert-OH is 1. The van der Waals surface area contributed by atoms with Gasteiger partial charge >= 0.3 is 0 Å². The quantitative estimate of drug-likeness (QED) is 0.790. The predicted octanol–water partition coefficient (Wildman–Crippen LogP) is 1.96. The molecule has 1 rings (SSSR count). The maximum absolute atomic E-state index is 11.6. The van der Waals surface area contributed by atoms with Crippen molar-refractivity contribution in [1.82, 2.24) is 0 Å². The van der Waals surface area contributed by atoms with Crippen LogP contribution in [-0.4, -0.2) is 25.9 Å². The SMILES string of the molecule is O=S(=O)(CCCCO)Nc1ccccc1Br. The maximum Gasteiger partial charge on any atom is 0.232 e. The van der Waals surface area contributed by atoms with Gasteiger partial charge in [0.1, 0.15) is 0 Å². The number of hydrogen-bond donors (Lipinski definition) is 2. The molecule has 0 aliphatic carbocycles. The molecule has 0 aliphatic rings. The van der Waals surface area contributed by atoms with E-state index in [4.69, 9.17) is 5.11 Å². The third kappa shape index (κ3) is 4.51. The molecule has 1 aromatic rings. The third-order valence-corrected chi connectivity index (χ3v) is 4.01. The average Bonchev–Trinajstić information content (AvgIpc) is 2.21. The van der Waals surface area contributed by atoms with Crippen molar-refractivity contribution in [2.24, 2.45) is 0 Å². The van der Waals surface area contributed by atoms with E-state index in [0.29, 0.717) is 23.0 Å². The zero-order valence-electron chi connectivity index (χ0n) is 8.69. The van der Waals surface area contributed by atoms with E-state index in [1.165, 1.54) is 0 Å². The number of halogens is 1. The Morgan fingerprint density at radius 3 is 2.56 bits per heavy atom. The summed E-state index contributed by atoms with van der Waals surface area (Å²) in [5.74, 6) is 0.0227. The average molecular weight is 308 g/mol. The highest BCUT2D eigenvalue weighted by Gasteiger charge is 2.11. The Hall–Kier alpha value is -0.590. The zero-order valence-corrected chi connectivity index (χ0v) is 11.1. The number of unbranched alkanes of at least 4 members (excludes halogenated alkanes) is 1. The lowest BCUT2D eigenvalue weighted by atomic mass is 10.3. The fourth-order valence-electron chi connectivity index (χ4n) is 1.17. The van der Waals surface area contributed by atoms with Crippen LogP contribution in [0.15, 0.2) is 28.7 Å². The van der Waals surface area contributed by atoms with Gasteiger partial charge in [0.25, 0.3) is 0 Å². The minimum absolute atomic E-state index is 0.0184. The zero-order chi connectivity index (χ0) is 12.0. The van der Waals surface area contributed by atoms with E-state index < -0.39 is 10.0 Å². The standard InChI is InChI=1S/C10H14BrNO3S/c11-9-5-1-2-6-10(9)12-16(14,15)8-4-3-7-13/h1-2,5-6,12-13H,3-4,7-8H2. The van der Waals surface area contributed by atoms with E-state index in [1.807, 2.05) is 6.07 Å². The fraction of sp³-hybridized carbons (Fsp3) is 0.400. The lowest BCUT2D eigenvalue weighted by molar-refractivity contribution is 0.287. The van der Waals surface area contributed by atoms with Crippen molar-refractivity contribution in [3.63, 3.8) is 0 Å². The first-order chi connectivity index (χ1) is 7.55. The van der Waals surface area contributed by atoms with Gasteiger partial charge in [-0.1, -0.05) is 12.1 Å². The number of hydrogen-bond acceptors (Lipinski definition) is 3. The minimum Gasteiger partial charge on any atom is -0.396 e. The van der Waals surface area contributed by atoms with Gasteiger partial charge in [-0.15, -0.1) is 0 Å². The Morgan fingerprint density at radius 1 is 1.25 bits per heavy atom. The third-order valence-electron chi connectivity index (χ3n) is 1.96. The molecule has 0 bridgehead atoms. The first-order valence-electron chi connectivity index (χ1n) is 4.91. The molecule has 6 heteroatoms. The fourth-order valence-corrected chi connectivity index (χ4v) is 2.88. The van der Waals surface area contributed by atoms with Gasteiger partial charge in [-0.2, -0.15) is 0 Å². The molecule has 0 atom stereocenters. The van der Waals surface area contributed by atoms with Crippen molar-refractivity contribution in [1.29, 1.82) is 0 Å². The molecule has 2 N–H and O–H groups in total. The number of anilines is 1. The topological polar surface area (TPSA) is 66.4 Å². The second kappa shape index (κ2) is 6.22. The van der Waals surface area contributed by atoms with E-state index in [1.54, 1.807) is 18.2 Å². The van der Waals surface area contributed by atoms with Crippen LogP contribution in [0.3, 0.4) is 0 Å². The van der Waals surface area contributed by atoms with Gasteiger partial charge in [0.05, 0.1) is 11.4 Å². The Balaban J connectivity index is 2.63. The Labute approximate surface area is 104 Å². The molecule has 0 unspecified atom stereocenters. The molecule has 0 spiro atoms. The largest absolute Gasteiger partial charge is 0.396 e. The molecule has 0 heterocycles. The molecule has 1 aromatic carbocycles. The van der Waals surface area contributed by atoms with Crippen molar-refractivity contribution < 1.29 is 13.5 Å². The van der Waals surface area contributed by atoms with Crippen LogP contribution >= 0.6 is 15.9 Å². The summed E-state index contributed by atoms with van der Waals surface area (Å²) in [5.41, 5.74) is 0.534. The first-order valence-corrected chi connectivity index (χ1v) is 7.35. The van der Waals surface area contributed by atoms with Crippen molar-refractivity contribution >= 4 is 31.6 Å². The van der Waals surface area contributed by atoms with Crippen molar-refractivity contribution in [2.45, 2.75) is 12.8 Å². The van der Waals surface area contributed by atoms with Crippen LogP contribution in [-0.2, 0) is 10.0 Å². The van der Waals surface area contributed by atoms with Crippen LogP contribution in [0.5, 0.6) is 0 Å². The van der Waals surface area contributed by atoms with Crippen LogP contribution in [0.25, 0.3) is 0 Å². The molecule has 4 nitrogen and oxygen atoms in total. The second-order valence-electron chi connectivity index (χ2n) is 3.33. The van der Waals surface area contributed by atoms with E-state index in [0.717, 1.165) is 0 Å². The molecule has 90 valence electrons. The summed E-state index contributed by atoms with van der Waals surface area (Å²) in [4.78, 5) is 0. The first kappa shape index (κ1) is 13.5. The highest BCUT2D eigenvalue weighted by Crippen LogP contribution is 2.22. The molecule has 0 aromatic heterocycles. The van der Waals surface area contributed by atoms with Gasteiger partial charge in [0.15, 0.2) is 0 Å². The highest BCUT2D eigenvalue weighted by atomic mass is 79.9. The molecule has 0 radical (unpaired) electrons. The van der Waals surface area contributed by atoms with Crippen LogP contribution in [0.4, 0.5) is 5.69 Å². The van der Waals surface area contributed by atoms with Gasteiger partial charge in [-0.25, -0.2) is 8.42 Å². The molecule has 0 amide bonds. The minimum atomic E-state index is -3.32. The summed E-state index contributed by atoms with van der Waals surface area (Å²) in [7, 11) is -3.32. The molecular weight excluding hydrogens is 294 g/mol. The van der Waals surface area contributed by atoms with Crippen LogP contribution < -0.4 is 4.72 Å². The summed E-state index contributed by atoms with van der Waals surface area (Å²) in [5, 5.41) is 8.57. The van der Waals surface area contributed by atoms with Crippen LogP contribution in [0.2, 0.25) is 0 Å². The summed E-state index contributed by atoms with van der Waals surface area (Å²) >= 11 is 3.26. The Morgan fingerprint density at radius 2 is 1.94 bits per heavy atom. The second-order valence-corrected chi connectivity index (χ2v) is 6.03. The van der Waals surface area contributed by atoms with Gasteiger partial charge < -0.3 is 5.11 Å². The smallest absolute Gasteiger partial charge is 0.232 e. The lowest BCUT2D eigenvalue weighted by Crippen LogP contribution is -2.17. The molecule has 0 saturated carbocycles. The van der Waals surface area contributed by atoms with Crippen molar-refractivity contribution in [2.75, 3.05) is 17.1 Å². The monoisotopic (exact) mass is 307 g/mol. The number of aliphatic hydroxyl groups is 1. The van der Waals surface area contributed by atoms with Gasteiger partial charge in [0, 0.05) is 11.1 Å². The van der Waals surface area contributed by atoms with Crippen LogP contribution in [0, 0.1) is 0 Å². The normalized spacial score (nSPS) is 11.4. The van der Waals surface area contributed by atoms with E-state index >= 15 is 0 Å². The highest BCUT2D eigenvalue weighted by molar-refractivity contribution is 9.10. The van der Waals surface area contributed by atoms with Gasteiger partial charge in [-0.05, 0) is 40.9 Å². The maximum atomic E-state index is 11.6.